The summed E-state index contributed by atoms with van der Waals surface area (Å²) in [6.07, 6.45) is 0.661. The van der Waals surface area contributed by atoms with Gasteiger partial charge in [-0.05, 0) is 24.6 Å². The highest BCUT2D eigenvalue weighted by atomic mass is 79.9. The number of anilines is 1. The maximum Gasteiger partial charge on any atom is 0.250 e. The number of benzene rings is 1. The van der Waals surface area contributed by atoms with Crippen LogP contribution in [0.15, 0.2) is 27.7 Å². The molecule has 25 heavy (non-hydrogen) atoms. The Balaban J connectivity index is 2.04. The van der Waals surface area contributed by atoms with Gasteiger partial charge < -0.3 is 4.90 Å². The molecule has 1 aromatic carbocycles. The van der Waals surface area contributed by atoms with Crippen molar-refractivity contribution < 1.29 is 17.6 Å². The summed E-state index contributed by atoms with van der Waals surface area (Å²) in [5.41, 5.74) is 0.246. The molecule has 5 nitrogen and oxygen atoms in total. The molecule has 3 atom stereocenters. The number of rotatable bonds is 3. The van der Waals surface area contributed by atoms with Gasteiger partial charge in [0.05, 0.1) is 23.2 Å². The van der Waals surface area contributed by atoms with E-state index in [4.69, 9.17) is 0 Å². The number of hydrogen-bond acceptors (Lipinski definition) is 4. The summed E-state index contributed by atoms with van der Waals surface area (Å²) in [5, 5.41) is 0.146. The van der Waals surface area contributed by atoms with Crippen LogP contribution in [0.3, 0.4) is 0 Å². The Morgan fingerprint density at radius 3 is 2.84 bits per heavy atom. The number of sulfone groups is 1. The topological polar surface area (TPSA) is 66.8 Å². The number of carbonyl (C=O) groups excluding carboxylic acids is 1. The lowest BCUT2D eigenvalue weighted by atomic mass is 10.1. The maximum absolute atomic E-state index is 14.5. The molecule has 0 unspecified atom stereocenters. The molecule has 9 heteroatoms. The molecule has 0 radical (unpaired) electrons. The Hall–Kier alpha value is -0.930. The van der Waals surface area contributed by atoms with E-state index in [2.05, 4.69) is 20.9 Å². The number of amidine groups is 1. The second-order valence-corrected chi connectivity index (χ2v) is 10.6. The summed E-state index contributed by atoms with van der Waals surface area (Å²) in [5.74, 6) is -1.02. The van der Waals surface area contributed by atoms with Crippen LogP contribution in [0.5, 0.6) is 0 Å². The minimum absolute atomic E-state index is 0.0214. The second kappa shape index (κ2) is 7.00. The van der Waals surface area contributed by atoms with Crippen molar-refractivity contribution in [1.29, 1.82) is 0 Å². The van der Waals surface area contributed by atoms with Crippen molar-refractivity contribution in [2.24, 2.45) is 10.9 Å². The number of halogens is 2. The highest BCUT2D eigenvalue weighted by Gasteiger charge is 2.50. The number of carbonyl (C=O) groups is 1. The van der Waals surface area contributed by atoms with Crippen molar-refractivity contribution in [3.8, 4) is 0 Å². The number of amides is 1. The first kappa shape index (κ1) is 18.8. The van der Waals surface area contributed by atoms with E-state index < -0.39 is 21.7 Å². The third-order valence-electron chi connectivity index (χ3n) is 4.48. The fourth-order valence-electron chi connectivity index (χ4n) is 2.90. The Morgan fingerprint density at radius 2 is 2.20 bits per heavy atom. The van der Waals surface area contributed by atoms with Crippen LogP contribution < -0.4 is 4.90 Å². The Labute approximate surface area is 159 Å². The van der Waals surface area contributed by atoms with Gasteiger partial charge in [-0.15, -0.1) is 0 Å². The van der Waals surface area contributed by atoms with Gasteiger partial charge in [-0.1, -0.05) is 41.5 Å². The lowest BCUT2D eigenvalue weighted by Crippen LogP contribution is -2.38. The van der Waals surface area contributed by atoms with Crippen LogP contribution in [0.1, 0.15) is 20.3 Å². The predicted octanol–water partition coefficient (Wildman–Crippen LogP) is 3.24. The van der Waals surface area contributed by atoms with Gasteiger partial charge in [0.2, 0.25) is 0 Å². The van der Waals surface area contributed by atoms with E-state index in [1.54, 1.807) is 24.0 Å². The standard InChI is InChI=1S/C16H18BrFN2O3S2/c1-3-9(2)15(21)19-16-20(12-5-4-10(17)6-11(12)18)13-7-25(22,23)8-14(13)24-16/h4-6,9,13-14H,3,7-8H2,1-2H3/t9-,13-,14+/m0/s1. The van der Waals surface area contributed by atoms with Crippen molar-refractivity contribution in [2.45, 2.75) is 31.6 Å². The fraction of sp³-hybridized carbons (Fsp3) is 0.500. The summed E-state index contributed by atoms with van der Waals surface area (Å²) in [6.45, 7) is 3.69. The average Bonchev–Trinajstić information content (AvgIpc) is 2.98. The van der Waals surface area contributed by atoms with Gasteiger partial charge in [0.15, 0.2) is 15.0 Å². The van der Waals surface area contributed by atoms with Gasteiger partial charge in [0, 0.05) is 15.6 Å². The molecule has 2 saturated heterocycles. The summed E-state index contributed by atoms with van der Waals surface area (Å²) >= 11 is 4.47. The van der Waals surface area contributed by atoms with Crippen LogP contribution in [-0.2, 0) is 14.6 Å². The van der Waals surface area contributed by atoms with E-state index in [1.165, 1.54) is 17.8 Å². The first-order chi connectivity index (χ1) is 11.7. The van der Waals surface area contributed by atoms with E-state index in [-0.39, 0.29) is 34.3 Å². The van der Waals surface area contributed by atoms with E-state index in [0.29, 0.717) is 16.1 Å². The average molecular weight is 449 g/mol. The molecule has 1 amide bonds. The van der Waals surface area contributed by atoms with Crippen molar-refractivity contribution in [2.75, 3.05) is 16.4 Å². The predicted molar refractivity (Wildman–Crippen MR) is 102 cm³/mol. The summed E-state index contributed by atoms with van der Waals surface area (Å²) in [7, 11) is -3.17. The van der Waals surface area contributed by atoms with Crippen molar-refractivity contribution >= 4 is 54.3 Å². The minimum atomic E-state index is -3.17. The van der Waals surface area contributed by atoms with E-state index in [0.717, 1.165) is 0 Å². The smallest absolute Gasteiger partial charge is 0.250 e. The first-order valence-corrected chi connectivity index (χ1v) is 11.4. The van der Waals surface area contributed by atoms with Crippen LogP contribution in [-0.4, -0.2) is 42.3 Å². The number of fused-ring (bicyclic) bond motifs is 1. The van der Waals surface area contributed by atoms with Crippen molar-refractivity contribution in [3.05, 3.63) is 28.5 Å². The summed E-state index contributed by atoms with van der Waals surface area (Å²) < 4.78 is 39.1. The van der Waals surface area contributed by atoms with Crippen LogP contribution in [0.2, 0.25) is 0 Å². The van der Waals surface area contributed by atoms with Crippen molar-refractivity contribution in [3.63, 3.8) is 0 Å². The zero-order valence-electron chi connectivity index (χ0n) is 13.8. The quantitative estimate of drug-likeness (QED) is 0.709. The monoisotopic (exact) mass is 448 g/mol. The summed E-state index contributed by atoms with van der Waals surface area (Å²) in [6, 6.07) is 4.18. The molecule has 2 aliphatic rings. The van der Waals surface area contributed by atoms with E-state index in [9.17, 15) is 17.6 Å². The molecule has 2 aliphatic heterocycles. The molecule has 0 aliphatic carbocycles. The lowest BCUT2D eigenvalue weighted by molar-refractivity contribution is -0.121. The van der Waals surface area contributed by atoms with Crippen LogP contribution in [0.4, 0.5) is 10.1 Å². The Kier molecular flexibility index (Phi) is 5.28. The molecule has 0 spiro atoms. The third-order valence-corrected chi connectivity index (χ3v) is 8.18. The SMILES string of the molecule is CC[C@H](C)C(=O)N=C1S[C@@H]2CS(=O)(=O)C[C@@H]2N1c1ccc(Br)cc1F. The lowest BCUT2D eigenvalue weighted by Gasteiger charge is -2.25. The zero-order chi connectivity index (χ0) is 18.4. The molecule has 0 saturated carbocycles. The molecule has 2 fully saturated rings. The van der Waals surface area contributed by atoms with Crippen LogP contribution >= 0.6 is 27.7 Å². The van der Waals surface area contributed by atoms with Crippen molar-refractivity contribution in [1.82, 2.24) is 0 Å². The van der Waals surface area contributed by atoms with Gasteiger partial charge >= 0.3 is 0 Å². The van der Waals surface area contributed by atoms with Gasteiger partial charge in [-0.2, -0.15) is 4.99 Å². The first-order valence-electron chi connectivity index (χ1n) is 7.95. The molecule has 0 bridgehead atoms. The molecule has 1 aromatic rings. The third kappa shape index (κ3) is 3.78. The molecule has 2 heterocycles. The molecule has 0 N–H and O–H groups in total. The number of nitrogens with zero attached hydrogens (tertiary/aromatic N) is 2. The molecule has 136 valence electrons. The highest BCUT2D eigenvalue weighted by molar-refractivity contribution is 9.10. The number of hydrogen-bond donors (Lipinski definition) is 0. The molecule has 0 aromatic heterocycles. The maximum atomic E-state index is 14.5. The van der Waals surface area contributed by atoms with E-state index in [1.807, 2.05) is 6.92 Å². The number of aliphatic imine (C=N–C) groups is 1. The van der Waals surface area contributed by atoms with Crippen LogP contribution in [0.25, 0.3) is 0 Å². The van der Waals surface area contributed by atoms with Gasteiger partial charge in [0.25, 0.3) is 5.91 Å². The molecule has 3 rings (SSSR count). The Morgan fingerprint density at radius 1 is 1.48 bits per heavy atom. The molecular weight excluding hydrogens is 431 g/mol. The fourth-order valence-corrected chi connectivity index (χ4v) is 7.15. The minimum Gasteiger partial charge on any atom is -0.313 e. The Bertz CT molecular complexity index is 844. The van der Waals surface area contributed by atoms with Gasteiger partial charge in [-0.3, -0.25) is 4.79 Å². The highest BCUT2D eigenvalue weighted by Crippen LogP contribution is 2.42. The zero-order valence-corrected chi connectivity index (χ0v) is 17.0. The molecular formula is C16H18BrFN2O3S2. The van der Waals surface area contributed by atoms with E-state index >= 15 is 0 Å². The summed E-state index contributed by atoms with van der Waals surface area (Å²) in [4.78, 5) is 18.0. The number of thioether (sulfide) groups is 1. The van der Waals surface area contributed by atoms with Gasteiger partial charge in [0.1, 0.15) is 5.82 Å². The normalized spacial score (nSPS) is 27.5. The largest absolute Gasteiger partial charge is 0.313 e. The van der Waals surface area contributed by atoms with Crippen LogP contribution in [0, 0.1) is 11.7 Å². The second-order valence-electron chi connectivity index (χ2n) is 6.31. The van der Waals surface area contributed by atoms with Gasteiger partial charge in [-0.25, -0.2) is 12.8 Å².